The smallest absolute Gasteiger partial charge is 0.197 e. The molecule has 0 radical (unpaired) electrons. The first-order valence-corrected chi connectivity index (χ1v) is 6.25. The zero-order chi connectivity index (χ0) is 11.1. The molecule has 1 aromatic carbocycles. The highest BCUT2D eigenvalue weighted by Crippen LogP contribution is 2.26. The highest BCUT2D eigenvalue weighted by molar-refractivity contribution is 7.80. The fourth-order valence-corrected chi connectivity index (χ4v) is 3.42. The number of hydrogen-bond acceptors (Lipinski definition) is 3. The van der Waals surface area contributed by atoms with E-state index in [1.54, 1.807) is 11.3 Å². The van der Waals surface area contributed by atoms with Crippen LogP contribution in [0.3, 0.4) is 0 Å². The predicted octanol–water partition coefficient (Wildman–Crippen LogP) is 3.40. The van der Waals surface area contributed by atoms with Gasteiger partial charge in [-0.2, -0.15) is 0 Å². The van der Waals surface area contributed by atoms with Crippen molar-refractivity contribution in [1.82, 2.24) is 0 Å². The van der Waals surface area contributed by atoms with E-state index in [9.17, 15) is 4.79 Å². The molecule has 2 aromatic rings. The Kier molecular flexibility index (Phi) is 2.23. The minimum Gasteiger partial charge on any atom is -0.288 e. The van der Waals surface area contributed by atoms with E-state index in [2.05, 4.69) is 0 Å². The molecule has 16 heavy (non-hydrogen) atoms. The maximum absolute atomic E-state index is 12.3. The molecule has 0 unspecified atom stereocenters. The standard InChI is InChI=1S/C13H8OS2/c14-13-8-4-1-2-6-10(8)16-11-7-3-5-9(15)12(11)13/h1-4,6-7H,5H2. The van der Waals surface area contributed by atoms with E-state index in [1.807, 2.05) is 36.4 Å². The summed E-state index contributed by atoms with van der Waals surface area (Å²) in [5.74, 6) is 0. The van der Waals surface area contributed by atoms with E-state index in [0.29, 0.717) is 6.42 Å². The maximum Gasteiger partial charge on any atom is 0.197 e. The van der Waals surface area contributed by atoms with E-state index in [4.69, 9.17) is 12.2 Å². The second-order valence-electron chi connectivity index (χ2n) is 3.70. The lowest BCUT2D eigenvalue weighted by atomic mass is 10.0. The maximum atomic E-state index is 12.3. The van der Waals surface area contributed by atoms with Gasteiger partial charge in [0.2, 0.25) is 0 Å². The van der Waals surface area contributed by atoms with Gasteiger partial charge in [0.1, 0.15) is 0 Å². The highest BCUT2D eigenvalue weighted by atomic mass is 32.1. The summed E-state index contributed by atoms with van der Waals surface area (Å²) in [6.07, 6.45) is 4.74. The summed E-state index contributed by atoms with van der Waals surface area (Å²) in [5.41, 5.74) is 0.819. The van der Waals surface area contributed by atoms with Crippen molar-refractivity contribution in [3.8, 4) is 0 Å². The molecule has 0 bridgehead atoms. The molecule has 0 aliphatic heterocycles. The summed E-state index contributed by atoms with van der Waals surface area (Å²) in [6.45, 7) is 0. The molecular formula is C13H8OS2. The van der Waals surface area contributed by atoms with Crippen LogP contribution in [0.5, 0.6) is 0 Å². The lowest BCUT2D eigenvalue weighted by molar-refractivity contribution is 1.47. The van der Waals surface area contributed by atoms with Gasteiger partial charge in [-0.1, -0.05) is 30.4 Å². The molecule has 1 nitrogen and oxygen atoms in total. The zero-order valence-corrected chi connectivity index (χ0v) is 10.0. The first-order chi connectivity index (χ1) is 7.77. The summed E-state index contributed by atoms with van der Waals surface area (Å²) in [4.78, 5) is 14.0. The van der Waals surface area contributed by atoms with Crippen molar-refractivity contribution < 1.29 is 0 Å². The van der Waals surface area contributed by atoms with Crippen LogP contribution in [-0.2, 0) is 0 Å². The fourth-order valence-electron chi connectivity index (χ4n) is 1.92. The number of benzene rings is 1. The lowest BCUT2D eigenvalue weighted by Gasteiger charge is -2.10. The molecule has 1 heterocycles. The summed E-state index contributed by atoms with van der Waals surface area (Å²) < 4.78 is 1.03. The normalized spacial score (nSPS) is 14.1. The molecule has 0 amide bonds. The Labute approximate surface area is 102 Å². The van der Waals surface area contributed by atoms with Crippen LogP contribution in [0.4, 0.5) is 0 Å². The van der Waals surface area contributed by atoms with Crippen LogP contribution >= 0.6 is 23.6 Å². The van der Waals surface area contributed by atoms with Crippen molar-refractivity contribution in [2.24, 2.45) is 0 Å². The van der Waals surface area contributed by atoms with Gasteiger partial charge in [-0.25, -0.2) is 0 Å². The Bertz CT molecular complexity index is 680. The van der Waals surface area contributed by atoms with Crippen molar-refractivity contribution in [1.29, 1.82) is 0 Å². The monoisotopic (exact) mass is 244 g/mol. The van der Waals surface area contributed by atoms with E-state index < -0.39 is 0 Å². The van der Waals surface area contributed by atoms with Gasteiger partial charge in [0.15, 0.2) is 5.43 Å². The van der Waals surface area contributed by atoms with Crippen LogP contribution in [0.25, 0.3) is 16.2 Å². The van der Waals surface area contributed by atoms with E-state index in [0.717, 1.165) is 25.4 Å². The largest absolute Gasteiger partial charge is 0.288 e. The molecular weight excluding hydrogens is 236 g/mol. The topological polar surface area (TPSA) is 17.1 Å². The van der Waals surface area contributed by atoms with Crippen LogP contribution in [0.1, 0.15) is 16.9 Å². The molecule has 1 aliphatic rings. The molecule has 0 atom stereocenters. The van der Waals surface area contributed by atoms with Crippen LogP contribution in [0.15, 0.2) is 35.1 Å². The molecule has 0 saturated carbocycles. The summed E-state index contributed by atoms with van der Waals surface area (Å²) in [7, 11) is 0. The van der Waals surface area contributed by atoms with Gasteiger partial charge in [0.05, 0.1) is 5.56 Å². The van der Waals surface area contributed by atoms with Crippen LogP contribution < -0.4 is 5.43 Å². The Morgan fingerprint density at radius 2 is 2.06 bits per heavy atom. The Hall–Kier alpha value is -1.32. The molecule has 0 N–H and O–H groups in total. The van der Waals surface area contributed by atoms with Gasteiger partial charge in [-0.15, -0.1) is 11.3 Å². The van der Waals surface area contributed by atoms with Gasteiger partial charge in [-0.3, -0.25) is 4.79 Å². The molecule has 1 aromatic heterocycles. The summed E-state index contributed by atoms with van der Waals surface area (Å²) in [5, 5.41) is 0.781. The van der Waals surface area contributed by atoms with Crippen LogP contribution in [0, 0.1) is 0 Å². The van der Waals surface area contributed by atoms with Gasteiger partial charge in [0, 0.05) is 26.2 Å². The highest BCUT2D eigenvalue weighted by Gasteiger charge is 2.16. The summed E-state index contributed by atoms with van der Waals surface area (Å²) in [6, 6.07) is 7.70. The molecule has 1 aliphatic carbocycles. The van der Waals surface area contributed by atoms with Gasteiger partial charge in [-0.05, 0) is 18.2 Å². The SMILES string of the molecule is O=c1c2c(sc3ccccc13)C=CCC2=S. The minimum absolute atomic E-state index is 0.0821. The average Bonchev–Trinajstić information content (AvgIpc) is 2.29. The molecule has 78 valence electrons. The second kappa shape index (κ2) is 3.61. The third-order valence-corrected chi connectivity index (χ3v) is 4.18. The van der Waals surface area contributed by atoms with Crippen molar-refractivity contribution >= 4 is 44.6 Å². The average molecular weight is 244 g/mol. The fraction of sp³-hybridized carbons (Fsp3) is 0.0769. The Balaban J connectivity index is 2.52. The van der Waals surface area contributed by atoms with E-state index >= 15 is 0 Å². The molecule has 0 saturated heterocycles. The Morgan fingerprint density at radius 1 is 1.25 bits per heavy atom. The predicted molar refractivity (Wildman–Crippen MR) is 73.4 cm³/mol. The van der Waals surface area contributed by atoms with E-state index in [-0.39, 0.29) is 5.43 Å². The molecule has 0 fully saturated rings. The van der Waals surface area contributed by atoms with Gasteiger partial charge >= 0.3 is 0 Å². The first-order valence-electron chi connectivity index (χ1n) is 5.03. The molecule has 0 spiro atoms. The number of allylic oxidation sites excluding steroid dienone is 1. The zero-order valence-electron chi connectivity index (χ0n) is 8.40. The van der Waals surface area contributed by atoms with E-state index in [1.165, 1.54) is 0 Å². The van der Waals surface area contributed by atoms with Crippen LogP contribution in [0.2, 0.25) is 0 Å². The number of rotatable bonds is 0. The van der Waals surface area contributed by atoms with Crippen molar-refractivity contribution in [3.63, 3.8) is 0 Å². The lowest BCUT2D eigenvalue weighted by Crippen LogP contribution is -2.16. The van der Waals surface area contributed by atoms with Crippen molar-refractivity contribution in [2.75, 3.05) is 0 Å². The van der Waals surface area contributed by atoms with Gasteiger partial charge in [0.25, 0.3) is 0 Å². The van der Waals surface area contributed by atoms with Crippen LogP contribution in [-0.4, -0.2) is 4.86 Å². The Morgan fingerprint density at radius 3 is 2.94 bits per heavy atom. The molecule has 3 rings (SSSR count). The van der Waals surface area contributed by atoms with Crippen molar-refractivity contribution in [2.45, 2.75) is 6.42 Å². The molecule has 3 heteroatoms. The first kappa shape index (κ1) is 9.87. The number of thiocarbonyl (C=S) groups is 1. The third kappa shape index (κ3) is 1.36. The third-order valence-electron chi connectivity index (χ3n) is 2.68. The quantitative estimate of drug-likeness (QED) is 0.661. The van der Waals surface area contributed by atoms with Gasteiger partial charge < -0.3 is 0 Å². The summed E-state index contributed by atoms with van der Waals surface area (Å²) >= 11 is 6.90. The minimum atomic E-state index is 0.0821. The van der Waals surface area contributed by atoms with Crippen molar-refractivity contribution in [3.05, 3.63) is 51.0 Å². The number of hydrogen-bond donors (Lipinski definition) is 0. The second-order valence-corrected chi connectivity index (χ2v) is 5.27. The number of fused-ring (bicyclic) bond motifs is 2.